The minimum atomic E-state index is -0.868. The number of carbonyl (C=O) groups is 1. The number of hydrogen-bond donors (Lipinski definition) is 0. The summed E-state index contributed by atoms with van der Waals surface area (Å²) in [5.41, 5.74) is -2.50. The highest BCUT2D eigenvalue weighted by Gasteiger charge is 2.16. The van der Waals surface area contributed by atoms with Crippen LogP contribution in [0.4, 0.5) is 0 Å². The summed E-state index contributed by atoms with van der Waals surface area (Å²) in [5, 5.41) is 0. The standard InChI is InChI=1S/C15H21N3O5/c1-4-7-10-23-12(19)11-18-14(21)16(8-5-2)13(20)17(9-6-3)15(18)22/h5-6H,2-4,7-11H2,1H3. The van der Waals surface area contributed by atoms with E-state index in [1.165, 1.54) is 12.2 Å². The van der Waals surface area contributed by atoms with Crippen LogP contribution >= 0.6 is 0 Å². The van der Waals surface area contributed by atoms with Gasteiger partial charge in [0.25, 0.3) is 0 Å². The zero-order chi connectivity index (χ0) is 17.4. The van der Waals surface area contributed by atoms with Gasteiger partial charge in [0, 0.05) is 0 Å². The summed E-state index contributed by atoms with van der Waals surface area (Å²) in [6.07, 6.45) is 4.26. The van der Waals surface area contributed by atoms with Crippen molar-refractivity contribution in [3.8, 4) is 0 Å². The molecule has 0 aliphatic rings. The monoisotopic (exact) mass is 323 g/mol. The van der Waals surface area contributed by atoms with Gasteiger partial charge in [-0.05, 0) is 6.42 Å². The number of nitrogens with zero attached hydrogens (tertiary/aromatic N) is 3. The van der Waals surface area contributed by atoms with Gasteiger partial charge < -0.3 is 4.74 Å². The van der Waals surface area contributed by atoms with Crippen molar-refractivity contribution in [3.63, 3.8) is 0 Å². The minimum absolute atomic E-state index is 0.0695. The zero-order valence-electron chi connectivity index (χ0n) is 13.2. The number of aromatic nitrogens is 3. The molecular formula is C15H21N3O5. The van der Waals surface area contributed by atoms with Crippen molar-refractivity contribution in [1.29, 1.82) is 0 Å². The van der Waals surface area contributed by atoms with E-state index in [1.807, 2.05) is 6.92 Å². The van der Waals surface area contributed by atoms with E-state index in [9.17, 15) is 19.2 Å². The largest absolute Gasteiger partial charge is 0.464 e. The summed E-state index contributed by atoms with van der Waals surface area (Å²) in [6.45, 7) is 8.42. The lowest BCUT2D eigenvalue weighted by Crippen LogP contribution is -2.55. The van der Waals surface area contributed by atoms with Crippen molar-refractivity contribution in [2.75, 3.05) is 6.61 Å². The molecule has 1 aromatic heterocycles. The van der Waals surface area contributed by atoms with Gasteiger partial charge in [0.1, 0.15) is 6.54 Å². The fraction of sp³-hybridized carbons (Fsp3) is 0.467. The molecule has 0 aliphatic carbocycles. The number of carbonyl (C=O) groups excluding carboxylic acids is 1. The topological polar surface area (TPSA) is 92.3 Å². The predicted octanol–water partition coefficient (Wildman–Crippen LogP) is -0.113. The van der Waals surface area contributed by atoms with E-state index in [2.05, 4.69) is 13.2 Å². The van der Waals surface area contributed by atoms with Crippen LogP contribution in [0.5, 0.6) is 0 Å². The van der Waals surface area contributed by atoms with Gasteiger partial charge in [-0.15, -0.1) is 13.2 Å². The lowest BCUT2D eigenvalue weighted by atomic mass is 10.4. The maximum Gasteiger partial charge on any atom is 0.337 e. The van der Waals surface area contributed by atoms with Crippen LogP contribution in [0.1, 0.15) is 19.8 Å². The highest BCUT2D eigenvalue weighted by Crippen LogP contribution is 1.90. The van der Waals surface area contributed by atoms with Gasteiger partial charge in [0.05, 0.1) is 19.7 Å². The van der Waals surface area contributed by atoms with Gasteiger partial charge in [-0.25, -0.2) is 28.1 Å². The van der Waals surface area contributed by atoms with Crippen molar-refractivity contribution >= 4 is 5.97 Å². The Kier molecular flexibility index (Phi) is 6.98. The molecule has 1 heterocycles. The third-order valence-electron chi connectivity index (χ3n) is 3.06. The first-order chi connectivity index (χ1) is 11.0. The van der Waals surface area contributed by atoms with Crippen LogP contribution < -0.4 is 17.1 Å². The first-order valence-electron chi connectivity index (χ1n) is 7.29. The third kappa shape index (κ3) is 4.41. The molecule has 0 spiro atoms. The minimum Gasteiger partial charge on any atom is -0.464 e. The molecule has 126 valence electrons. The first-order valence-corrected chi connectivity index (χ1v) is 7.29. The highest BCUT2D eigenvalue weighted by molar-refractivity contribution is 5.69. The molecule has 0 N–H and O–H groups in total. The van der Waals surface area contributed by atoms with Gasteiger partial charge >= 0.3 is 23.0 Å². The molecule has 0 unspecified atom stereocenters. The lowest BCUT2D eigenvalue weighted by Gasteiger charge is -2.11. The molecule has 0 atom stereocenters. The van der Waals surface area contributed by atoms with Crippen molar-refractivity contribution < 1.29 is 9.53 Å². The van der Waals surface area contributed by atoms with E-state index in [0.717, 1.165) is 15.6 Å². The summed E-state index contributed by atoms with van der Waals surface area (Å²) in [7, 11) is 0. The molecule has 23 heavy (non-hydrogen) atoms. The number of esters is 1. The van der Waals surface area contributed by atoms with E-state index in [1.54, 1.807) is 0 Å². The second-order valence-corrected chi connectivity index (χ2v) is 4.81. The summed E-state index contributed by atoms with van der Waals surface area (Å²) in [5.74, 6) is -0.702. The maximum absolute atomic E-state index is 12.3. The Morgan fingerprint density at radius 3 is 1.91 bits per heavy atom. The second-order valence-electron chi connectivity index (χ2n) is 4.81. The molecule has 0 aromatic carbocycles. The van der Waals surface area contributed by atoms with Crippen LogP contribution in [0.15, 0.2) is 39.7 Å². The normalized spacial score (nSPS) is 10.3. The molecule has 0 fully saturated rings. The summed E-state index contributed by atoms with van der Waals surface area (Å²) in [4.78, 5) is 48.4. The van der Waals surface area contributed by atoms with Crippen molar-refractivity contribution in [3.05, 3.63) is 56.8 Å². The smallest absolute Gasteiger partial charge is 0.337 e. The molecule has 1 rings (SSSR count). The van der Waals surface area contributed by atoms with Gasteiger partial charge in [-0.1, -0.05) is 25.5 Å². The lowest BCUT2D eigenvalue weighted by molar-refractivity contribution is -0.144. The second kappa shape index (κ2) is 8.72. The van der Waals surface area contributed by atoms with Crippen LogP contribution in [-0.4, -0.2) is 26.3 Å². The maximum atomic E-state index is 12.3. The van der Waals surface area contributed by atoms with Crippen LogP contribution in [0.3, 0.4) is 0 Å². The summed E-state index contributed by atoms with van der Waals surface area (Å²) in [6, 6.07) is 0. The van der Waals surface area contributed by atoms with E-state index < -0.39 is 29.6 Å². The number of allylic oxidation sites excluding steroid dienone is 2. The van der Waals surface area contributed by atoms with E-state index >= 15 is 0 Å². The fourth-order valence-corrected chi connectivity index (χ4v) is 1.89. The Bertz CT molecular complexity index is 706. The van der Waals surface area contributed by atoms with Gasteiger partial charge in [0.15, 0.2) is 0 Å². The molecule has 0 bridgehead atoms. The average molecular weight is 323 g/mol. The first kappa shape index (κ1) is 18.4. The van der Waals surface area contributed by atoms with E-state index in [0.29, 0.717) is 11.0 Å². The van der Waals surface area contributed by atoms with Crippen molar-refractivity contribution in [2.45, 2.75) is 39.4 Å². The van der Waals surface area contributed by atoms with Gasteiger partial charge in [0.2, 0.25) is 0 Å². The molecule has 0 aliphatic heterocycles. The molecule has 0 radical (unpaired) electrons. The molecule has 0 amide bonds. The SMILES string of the molecule is C=CCn1c(=O)n(CC=C)c(=O)n(CC(=O)OCCCC)c1=O. The molecule has 8 nitrogen and oxygen atoms in total. The Balaban J connectivity index is 3.30. The van der Waals surface area contributed by atoms with Crippen LogP contribution in [0, 0.1) is 0 Å². The fourth-order valence-electron chi connectivity index (χ4n) is 1.89. The predicted molar refractivity (Wildman–Crippen MR) is 85.5 cm³/mol. The zero-order valence-corrected chi connectivity index (χ0v) is 13.2. The van der Waals surface area contributed by atoms with E-state index in [4.69, 9.17) is 4.74 Å². The number of ether oxygens (including phenoxy) is 1. The Hall–Kier alpha value is -2.64. The van der Waals surface area contributed by atoms with Crippen LogP contribution in [0.2, 0.25) is 0 Å². The molecule has 8 heteroatoms. The summed E-state index contributed by atoms with van der Waals surface area (Å²) >= 11 is 0. The third-order valence-corrected chi connectivity index (χ3v) is 3.06. The highest BCUT2D eigenvalue weighted by atomic mass is 16.5. The van der Waals surface area contributed by atoms with Crippen molar-refractivity contribution in [1.82, 2.24) is 13.7 Å². The van der Waals surface area contributed by atoms with Crippen molar-refractivity contribution in [2.24, 2.45) is 0 Å². The number of unbranched alkanes of at least 4 members (excludes halogenated alkanes) is 1. The Morgan fingerprint density at radius 1 is 1.00 bits per heavy atom. The Morgan fingerprint density at radius 2 is 1.48 bits per heavy atom. The molecular weight excluding hydrogens is 302 g/mol. The molecule has 0 saturated carbocycles. The Labute approximate surface area is 132 Å². The number of hydrogen-bond acceptors (Lipinski definition) is 5. The van der Waals surface area contributed by atoms with E-state index in [-0.39, 0.29) is 19.7 Å². The van der Waals surface area contributed by atoms with Crippen LogP contribution in [0.25, 0.3) is 0 Å². The quantitative estimate of drug-likeness (QED) is 0.359. The summed E-state index contributed by atoms with van der Waals surface area (Å²) < 4.78 is 7.30. The average Bonchev–Trinajstić information content (AvgIpc) is 2.52. The molecule has 0 saturated heterocycles. The molecule has 1 aromatic rings. The van der Waals surface area contributed by atoms with Crippen LogP contribution in [-0.2, 0) is 29.2 Å². The van der Waals surface area contributed by atoms with Gasteiger partial charge in [-0.2, -0.15) is 0 Å². The van der Waals surface area contributed by atoms with Gasteiger partial charge in [-0.3, -0.25) is 4.79 Å². The number of rotatable bonds is 9.